The van der Waals surface area contributed by atoms with E-state index < -0.39 is 0 Å². The summed E-state index contributed by atoms with van der Waals surface area (Å²) < 4.78 is 1.74. The normalized spacial score (nSPS) is 10.9. The van der Waals surface area contributed by atoms with E-state index in [1.165, 1.54) is 0 Å². The van der Waals surface area contributed by atoms with Crippen molar-refractivity contribution in [2.24, 2.45) is 7.05 Å². The lowest BCUT2D eigenvalue weighted by atomic mass is 10.1. The van der Waals surface area contributed by atoms with Gasteiger partial charge in [-0.3, -0.25) is 9.48 Å². The smallest absolute Gasteiger partial charge is 0.228 e. The number of nitrogens with one attached hydrogen (secondary N) is 1. The van der Waals surface area contributed by atoms with Crippen molar-refractivity contribution in [3.8, 4) is 0 Å². The number of benzene rings is 1. The highest BCUT2D eigenvalue weighted by molar-refractivity contribution is 5.94. The van der Waals surface area contributed by atoms with Crippen molar-refractivity contribution in [3.05, 3.63) is 53.3 Å². The minimum Gasteiger partial charge on any atom is -0.324 e. The Morgan fingerprint density at radius 3 is 2.82 bits per heavy atom. The molecular weight excluding hydrogens is 276 g/mol. The molecule has 0 spiro atoms. The van der Waals surface area contributed by atoms with Gasteiger partial charge in [0.1, 0.15) is 0 Å². The van der Waals surface area contributed by atoms with Gasteiger partial charge in [0.2, 0.25) is 5.91 Å². The lowest BCUT2D eigenvalue weighted by Crippen LogP contribution is -2.15. The van der Waals surface area contributed by atoms with E-state index >= 15 is 0 Å². The number of pyridine rings is 1. The summed E-state index contributed by atoms with van der Waals surface area (Å²) >= 11 is 0. The highest BCUT2D eigenvalue weighted by atomic mass is 16.1. The number of aromatic nitrogens is 3. The maximum Gasteiger partial charge on any atom is 0.228 e. The molecule has 0 aliphatic heterocycles. The van der Waals surface area contributed by atoms with E-state index in [0.29, 0.717) is 12.1 Å². The Labute approximate surface area is 129 Å². The van der Waals surface area contributed by atoms with Crippen molar-refractivity contribution >= 4 is 22.6 Å². The first-order valence-corrected chi connectivity index (χ1v) is 7.18. The number of fused-ring (bicyclic) bond motifs is 1. The van der Waals surface area contributed by atoms with Crippen LogP contribution in [0.4, 0.5) is 5.69 Å². The highest BCUT2D eigenvalue weighted by Gasteiger charge is 2.10. The second-order valence-corrected chi connectivity index (χ2v) is 5.46. The first-order valence-electron chi connectivity index (χ1n) is 7.18. The van der Waals surface area contributed by atoms with Crippen LogP contribution in [0.5, 0.6) is 0 Å². The minimum absolute atomic E-state index is 0.0445. The van der Waals surface area contributed by atoms with Crippen molar-refractivity contribution in [2.45, 2.75) is 20.3 Å². The molecular formula is C17H18N4O. The fraction of sp³-hybridized carbons (Fsp3) is 0.235. The summed E-state index contributed by atoms with van der Waals surface area (Å²) in [6.07, 6.45) is 2.02. The third-order valence-electron chi connectivity index (χ3n) is 3.76. The Bertz CT molecular complexity index is 851. The Kier molecular flexibility index (Phi) is 3.63. The molecule has 1 amide bonds. The first kappa shape index (κ1) is 14.3. The molecule has 0 fully saturated rings. The number of rotatable bonds is 3. The molecule has 0 atom stereocenters. The van der Waals surface area contributed by atoms with Crippen LogP contribution >= 0.6 is 0 Å². The molecule has 22 heavy (non-hydrogen) atoms. The molecule has 0 bridgehead atoms. The molecule has 2 aromatic heterocycles. The second-order valence-electron chi connectivity index (χ2n) is 5.46. The van der Waals surface area contributed by atoms with Gasteiger partial charge in [0, 0.05) is 12.4 Å². The van der Waals surface area contributed by atoms with Crippen LogP contribution in [-0.2, 0) is 18.3 Å². The molecule has 0 saturated heterocycles. The van der Waals surface area contributed by atoms with Gasteiger partial charge in [0.05, 0.1) is 24.0 Å². The van der Waals surface area contributed by atoms with Crippen LogP contribution in [0.15, 0.2) is 36.5 Å². The molecule has 1 N–H and O–H groups in total. The molecule has 0 aliphatic carbocycles. The molecule has 1 aromatic carbocycles. The first-order chi connectivity index (χ1) is 10.5. The van der Waals surface area contributed by atoms with E-state index in [2.05, 4.69) is 15.4 Å². The lowest BCUT2D eigenvalue weighted by Gasteiger charge is -2.07. The van der Waals surface area contributed by atoms with Gasteiger partial charge in [-0.1, -0.05) is 24.3 Å². The number of amides is 1. The summed E-state index contributed by atoms with van der Waals surface area (Å²) in [6.45, 7) is 3.94. The van der Waals surface area contributed by atoms with Crippen LogP contribution in [0.3, 0.4) is 0 Å². The summed E-state index contributed by atoms with van der Waals surface area (Å²) in [4.78, 5) is 16.6. The molecule has 5 heteroatoms. The predicted octanol–water partition coefficient (Wildman–Crippen LogP) is 2.77. The molecule has 3 aromatic rings. The van der Waals surface area contributed by atoms with Gasteiger partial charge in [-0.15, -0.1) is 0 Å². The van der Waals surface area contributed by atoms with Gasteiger partial charge in [-0.25, -0.2) is 4.98 Å². The number of carbonyl (C=O) groups is 1. The Hall–Kier alpha value is -2.69. The number of aryl methyl sites for hydroxylation is 3. The van der Waals surface area contributed by atoms with Gasteiger partial charge in [-0.05, 0) is 31.0 Å². The largest absolute Gasteiger partial charge is 0.324 e. The predicted molar refractivity (Wildman–Crippen MR) is 86.8 cm³/mol. The number of hydrogen-bond acceptors (Lipinski definition) is 3. The Morgan fingerprint density at radius 1 is 1.27 bits per heavy atom. The van der Waals surface area contributed by atoms with Crippen molar-refractivity contribution in [1.29, 1.82) is 0 Å². The molecule has 0 unspecified atom stereocenters. The molecule has 0 saturated carbocycles. The van der Waals surface area contributed by atoms with E-state index in [0.717, 1.165) is 27.9 Å². The average molecular weight is 294 g/mol. The molecule has 3 rings (SSSR count). The monoisotopic (exact) mass is 294 g/mol. The Balaban J connectivity index is 1.79. The van der Waals surface area contributed by atoms with Gasteiger partial charge >= 0.3 is 0 Å². The van der Waals surface area contributed by atoms with Crippen LogP contribution in [-0.4, -0.2) is 20.7 Å². The molecule has 2 heterocycles. The average Bonchev–Trinajstić information content (AvgIpc) is 2.76. The lowest BCUT2D eigenvalue weighted by molar-refractivity contribution is -0.115. The number of hydrogen-bond donors (Lipinski definition) is 1. The minimum atomic E-state index is -0.0445. The van der Waals surface area contributed by atoms with Crippen molar-refractivity contribution < 1.29 is 4.79 Å². The van der Waals surface area contributed by atoms with E-state index in [9.17, 15) is 4.79 Å². The Morgan fingerprint density at radius 2 is 2.05 bits per heavy atom. The van der Waals surface area contributed by atoms with Crippen molar-refractivity contribution in [2.75, 3.05) is 5.32 Å². The van der Waals surface area contributed by atoms with Crippen LogP contribution in [0, 0.1) is 13.8 Å². The molecule has 112 valence electrons. The van der Waals surface area contributed by atoms with E-state index in [-0.39, 0.29) is 5.91 Å². The zero-order valence-electron chi connectivity index (χ0n) is 12.9. The maximum absolute atomic E-state index is 12.2. The zero-order valence-corrected chi connectivity index (χ0v) is 12.9. The third kappa shape index (κ3) is 2.70. The van der Waals surface area contributed by atoms with E-state index in [1.54, 1.807) is 10.9 Å². The maximum atomic E-state index is 12.2. The molecule has 0 radical (unpaired) electrons. The number of anilines is 1. The van der Waals surface area contributed by atoms with Gasteiger partial charge in [0.15, 0.2) is 5.65 Å². The van der Waals surface area contributed by atoms with Crippen molar-refractivity contribution in [1.82, 2.24) is 14.8 Å². The molecule has 0 aliphatic rings. The number of nitrogens with zero attached hydrogens (tertiary/aromatic N) is 3. The van der Waals surface area contributed by atoms with Gasteiger partial charge < -0.3 is 5.32 Å². The summed E-state index contributed by atoms with van der Waals surface area (Å²) in [6, 6.07) is 9.82. The van der Waals surface area contributed by atoms with E-state index in [1.807, 2.05) is 51.2 Å². The van der Waals surface area contributed by atoms with Crippen LogP contribution in [0.25, 0.3) is 11.0 Å². The summed E-state index contributed by atoms with van der Waals surface area (Å²) in [7, 11) is 1.86. The summed E-state index contributed by atoms with van der Waals surface area (Å²) in [5, 5.41) is 8.19. The van der Waals surface area contributed by atoms with Crippen LogP contribution in [0.2, 0.25) is 0 Å². The van der Waals surface area contributed by atoms with Crippen molar-refractivity contribution in [3.63, 3.8) is 0 Å². The summed E-state index contributed by atoms with van der Waals surface area (Å²) in [5.41, 5.74) is 4.57. The summed E-state index contributed by atoms with van der Waals surface area (Å²) in [5.74, 6) is -0.0445. The number of carbonyl (C=O) groups excluding carboxylic acids is 1. The SMILES string of the molecule is Cc1ccccc1CC(=O)Nc1cnc2c(c1)c(C)nn2C. The third-order valence-corrected chi connectivity index (χ3v) is 3.76. The highest BCUT2D eigenvalue weighted by Crippen LogP contribution is 2.19. The topological polar surface area (TPSA) is 59.8 Å². The van der Waals surface area contributed by atoms with Crippen LogP contribution in [0.1, 0.15) is 16.8 Å². The van der Waals surface area contributed by atoms with Gasteiger partial charge in [-0.2, -0.15) is 5.10 Å². The molecule has 5 nitrogen and oxygen atoms in total. The van der Waals surface area contributed by atoms with Gasteiger partial charge in [0.25, 0.3) is 0 Å². The zero-order chi connectivity index (χ0) is 15.7. The van der Waals surface area contributed by atoms with E-state index in [4.69, 9.17) is 0 Å². The fourth-order valence-electron chi connectivity index (χ4n) is 2.56. The standard InChI is InChI=1S/C17H18N4O/c1-11-6-4-5-7-13(11)8-16(22)19-14-9-15-12(2)20-21(3)17(15)18-10-14/h4-7,9-10H,8H2,1-3H3,(H,19,22). The quantitative estimate of drug-likeness (QED) is 0.808. The second kappa shape index (κ2) is 5.60. The van der Waals surface area contributed by atoms with Crippen LogP contribution < -0.4 is 5.32 Å². The fourth-order valence-corrected chi connectivity index (χ4v) is 2.56.